The molecular weight excluding hydrogens is 345 g/mol. The second-order valence-electron chi connectivity index (χ2n) is 6.26. The van der Waals surface area contributed by atoms with E-state index in [0.29, 0.717) is 5.56 Å². The SMILES string of the molecule is CC(C)(C(=O)NCC(C(=O)O)c1ccccc1)c1ccc(Cl)cc1F. The van der Waals surface area contributed by atoms with Gasteiger partial charge in [-0.25, -0.2) is 4.39 Å². The highest BCUT2D eigenvalue weighted by atomic mass is 35.5. The molecule has 0 saturated carbocycles. The van der Waals surface area contributed by atoms with Crippen LogP contribution in [0.4, 0.5) is 4.39 Å². The average molecular weight is 364 g/mol. The minimum atomic E-state index is -1.17. The van der Waals surface area contributed by atoms with Crippen molar-refractivity contribution in [2.75, 3.05) is 6.54 Å². The minimum Gasteiger partial charge on any atom is -0.481 e. The number of rotatable bonds is 6. The van der Waals surface area contributed by atoms with Gasteiger partial charge in [-0.3, -0.25) is 9.59 Å². The van der Waals surface area contributed by atoms with Crippen molar-refractivity contribution < 1.29 is 19.1 Å². The number of hydrogen-bond acceptors (Lipinski definition) is 2. The van der Waals surface area contributed by atoms with Crippen LogP contribution < -0.4 is 5.32 Å². The molecule has 0 bridgehead atoms. The van der Waals surface area contributed by atoms with Crippen molar-refractivity contribution in [3.05, 3.63) is 70.5 Å². The number of nitrogens with one attached hydrogen (secondary N) is 1. The number of carbonyl (C=O) groups is 2. The minimum absolute atomic E-state index is 0.0865. The van der Waals surface area contributed by atoms with Gasteiger partial charge in [-0.1, -0.05) is 48.0 Å². The van der Waals surface area contributed by atoms with Crippen LogP contribution in [0.25, 0.3) is 0 Å². The molecule has 0 radical (unpaired) electrons. The quantitative estimate of drug-likeness (QED) is 0.821. The van der Waals surface area contributed by atoms with Crippen molar-refractivity contribution >= 4 is 23.5 Å². The average Bonchev–Trinajstić information content (AvgIpc) is 2.55. The summed E-state index contributed by atoms with van der Waals surface area (Å²) in [6.45, 7) is 3.07. The third-order valence-electron chi connectivity index (χ3n) is 4.14. The predicted octanol–water partition coefficient (Wildman–Crippen LogP) is 3.74. The number of hydrogen-bond donors (Lipinski definition) is 2. The molecular formula is C19H19ClFNO3. The molecule has 6 heteroatoms. The van der Waals surface area contributed by atoms with Gasteiger partial charge in [0, 0.05) is 17.1 Å². The maximum Gasteiger partial charge on any atom is 0.312 e. The van der Waals surface area contributed by atoms with Gasteiger partial charge in [0.1, 0.15) is 5.82 Å². The molecule has 0 saturated heterocycles. The van der Waals surface area contributed by atoms with Gasteiger partial charge < -0.3 is 10.4 Å². The Morgan fingerprint density at radius 3 is 2.40 bits per heavy atom. The van der Waals surface area contributed by atoms with E-state index in [1.165, 1.54) is 12.1 Å². The molecule has 0 aliphatic carbocycles. The zero-order valence-electron chi connectivity index (χ0n) is 13.9. The Morgan fingerprint density at radius 1 is 1.20 bits per heavy atom. The van der Waals surface area contributed by atoms with Gasteiger partial charge in [0.15, 0.2) is 0 Å². The number of aliphatic carboxylic acids is 1. The van der Waals surface area contributed by atoms with E-state index in [-0.39, 0.29) is 17.1 Å². The van der Waals surface area contributed by atoms with E-state index in [1.54, 1.807) is 44.2 Å². The van der Waals surface area contributed by atoms with Crippen LogP contribution in [0, 0.1) is 5.82 Å². The number of carboxylic acid groups (broad SMARTS) is 1. The Labute approximate surface area is 150 Å². The van der Waals surface area contributed by atoms with Gasteiger partial charge in [0.25, 0.3) is 0 Å². The van der Waals surface area contributed by atoms with E-state index in [2.05, 4.69) is 5.32 Å². The lowest BCUT2D eigenvalue weighted by atomic mass is 9.83. The Hall–Kier alpha value is -2.40. The van der Waals surface area contributed by atoms with Gasteiger partial charge in [-0.15, -0.1) is 0 Å². The van der Waals surface area contributed by atoms with E-state index in [0.717, 1.165) is 6.07 Å². The summed E-state index contributed by atoms with van der Waals surface area (Å²) in [5, 5.41) is 12.3. The number of benzene rings is 2. The molecule has 2 rings (SSSR count). The maximum absolute atomic E-state index is 14.1. The van der Waals surface area contributed by atoms with Crippen molar-refractivity contribution in [2.45, 2.75) is 25.2 Å². The summed E-state index contributed by atoms with van der Waals surface area (Å²) in [4.78, 5) is 24.1. The van der Waals surface area contributed by atoms with E-state index >= 15 is 0 Å². The molecule has 0 aliphatic rings. The van der Waals surface area contributed by atoms with Crippen molar-refractivity contribution in [1.82, 2.24) is 5.32 Å². The van der Waals surface area contributed by atoms with Gasteiger partial charge in [0.2, 0.25) is 5.91 Å². The molecule has 1 amide bonds. The lowest BCUT2D eigenvalue weighted by molar-refractivity contribution is -0.138. The molecule has 132 valence electrons. The molecule has 0 heterocycles. The van der Waals surface area contributed by atoms with Crippen molar-refractivity contribution in [2.24, 2.45) is 0 Å². The summed E-state index contributed by atoms with van der Waals surface area (Å²) < 4.78 is 14.1. The second-order valence-corrected chi connectivity index (χ2v) is 6.70. The van der Waals surface area contributed by atoms with Crippen LogP contribution in [0.15, 0.2) is 48.5 Å². The van der Waals surface area contributed by atoms with Gasteiger partial charge in [-0.2, -0.15) is 0 Å². The zero-order valence-corrected chi connectivity index (χ0v) is 14.7. The van der Waals surface area contributed by atoms with Crippen LogP contribution in [0.3, 0.4) is 0 Å². The zero-order chi connectivity index (χ0) is 18.6. The first-order chi connectivity index (χ1) is 11.7. The monoisotopic (exact) mass is 363 g/mol. The molecule has 2 aromatic carbocycles. The van der Waals surface area contributed by atoms with Gasteiger partial charge in [0.05, 0.1) is 11.3 Å². The van der Waals surface area contributed by atoms with E-state index in [4.69, 9.17) is 11.6 Å². The molecule has 25 heavy (non-hydrogen) atoms. The summed E-state index contributed by atoms with van der Waals surface area (Å²) in [5.74, 6) is -2.96. The van der Waals surface area contributed by atoms with Crippen molar-refractivity contribution in [3.63, 3.8) is 0 Å². The number of carbonyl (C=O) groups excluding carboxylic acids is 1. The smallest absolute Gasteiger partial charge is 0.312 e. The third-order valence-corrected chi connectivity index (χ3v) is 4.37. The fourth-order valence-electron chi connectivity index (χ4n) is 2.57. The molecule has 1 atom stereocenters. The van der Waals surface area contributed by atoms with Gasteiger partial charge >= 0.3 is 5.97 Å². The largest absolute Gasteiger partial charge is 0.481 e. The Balaban J connectivity index is 2.16. The van der Waals surface area contributed by atoms with Crippen LogP contribution in [-0.2, 0) is 15.0 Å². The summed E-state index contributed by atoms with van der Waals surface area (Å²) in [6.07, 6.45) is 0. The first kappa shape index (κ1) is 18.9. The summed E-state index contributed by atoms with van der Waals surface area (Å²) in [5.41, 5.74) is -0.388. The lowest BCUT2D eigenvalue weighted by Crippen LogP contribution is -2.43. The number of halogens is 2. The fraction of sp³-hybridized carbons (Fsp3) is 0.263. The fourth-order valence-corrected chi connectivity index (χ4v) is 2.73. The molecule has 4 nitrogen and oxygen atoms in total. The van der Waals surface area contributed by atoms with E-state index < -0.39 is 29.0 Å². The topological polar surface area (TPSA) is 66.4 Å². The molecule has 2 N–H and O–H groups in total. The van der Waals surface area contributed by atoms with E-state index in [9.17, 15) is 19.1 Å². The highest BCUT2D eigenvalue weighted by Crippen LogP contribution is 2.28. The first-order valence-corrected chi connectivity index (χ1v) is 8.13. The van der Waals surface area contributed by atoms with Crippen LogP contribution in [0.1, 0.15) is 30.9 Å². The third kappa shape index (κ3) is 4.37. The Kier molecular flexibility index (Phi) is 5.80. The van der Waals surface area contributed by atoms with Crippen LogP contribution >= 0.6 is 11.6 Å². The maximum atomic E-state index is 14.1. The highest BCUT2D eigenvalue weighted by Gasteiger charge is 2.33. The van der Waals surface area contributed by atoms with Crippen molar-refractivity contribution in [3.8, 4) is 0 Å². The van der Waals surface area contributed by atoms with Crippen LogP contribution in [-0.4, -0.2) is 23.5 Å². The van der Waals surface area contributed by atoms with E-state index in [1.807, 2.05) is 0 Å². The molecule has 0 aliphatic heterocycles. The van der Waals surface area contributed by atoms with Crippen LogP contribution in [0.5, 0.6) is 0 Å². The molecule has 0 fully saturated rings. The predicted molar refractivity (Wildman–Crippen MR) is 94.3 cm³/mol. The Morgan fingerprint density at radius 2 is 1.84 bits per heavy atom. The molecule has 1 unspecified atom stereocenters. The normalized spacial score (nSPS) is 12.5. The van der Waals surface area contributed by atoms with Crippen LogP contribution in [0.2, 0.25) is 5.02 Å². The number of amides is 1. The molecule has 0 spiro atoms. The van der Waals surface area contributed by atoms with Crippen molar-refractivity contribution in [1.29, 1.82) is 0 Å². The molecule has 0 aromatic heterocycles. The number of carboxylic acids is 1. The second kappa shape index (κ2) is 7.66. The lowest BCUT2D eigenvalue weighted by Gasteiger charge is -2.26. The molecule has 2 aromatic rings. The Bertz CT molecular complexity index is 777. The standard InChI is InChI=1S/C19H19ClFNO3/c1-19(2,15-9-8-13(20)10-16(15)21)18(25)22-11-14(17(23)24)12-6-4-3-5-7-12/h3-10,14H,11H2,1-2H3,(H,22,25)(H,23,24). The van der Waals surface area contributed by atoms with Gasteiger partial charge in [-0.05, 0) is 31.5 Å². The first-order valence-electron chi connectivity index (χ1n) is 7.75. The summed E-state index contributed by atoms with van der Waals surface area (Å²) in [7, 11) is 0. The highest BCUT2D eigenvalue weighted by molar-refractivity contribution is 6.30. The summed E-state index contributed by atoms with van der Waals surface area (Å²) in [6, 6.07) is 12.8. The summed E-state index contributed by atoms with van der Waals surface area (Å²) >= 11 is 5.75.